The number of halogens is 1. The Morgan fingerprint density at radius 2 is 2.04 bits per heavy atom. The Labute approximate surface area is 141 Å². The van der Waals surface area contributed by atoms with Crippen LogP contribution in [0.4, 0.5) is 9.18 Å². The van der Waals surface area contributed by atoms with Gasteiger partial charge in [-0.3, -0.25) is 9.88 Å². The maximum Gasteiger partial charge on any atom is 0.317 e. The molecular weight excluding hydrogens is 307 g/mol. The van der Waals surface area contributed by atoms with E-state index in [0.717, 1.165) is 12.1 Å². The Kier molecular flexibility index (Phi) is 5.05. The Morgan fingerprint density at radius 1 is 1.29 bits per heavy atom. The summed E-state index contributed by atoms with van der Waals surface area (Å²) in [6.45, 7) is 2.66. The van der Waals surface area contributed by atoms with Crippen LogP contribution in [0.25, 0.3) is 0 Å². The minimum Gasteiger partial charge on any atom is -0.334 e. The lowest BCUT2D eigenvalue weighted by molar-refractivity contribution is 0.0685. The zero-order valence-electron chi connectivity index (χ0n) is 13.7. The van der Waals surface area contributed by atoms with E-state index in [9.17, 15) is 9.18 Å². The van der Waals surface area contributed by atoms with Gasteiger partial charge in [-0.1, -0.05) is 18.2 Å². The fourth-order valence-corrected chi connectivity index (χ4v) is 2.70. The van der Waals surface area contributed by atoms with Gasteiger partial charge >= 0.3 is 6.03 Å². The maximum atomic E-state index is 12.8. The van der Waals surface area contributed by atoms with Gasteiger partial charge in [0.1, 0.15) is 5.82 Å². The predicted octanol–water partition coefficient (Wildman–Crippen LogP) is 2.25. The third-order valence-electron chi connectivity index (χ3n) is 4.28. The molecule has 3 rings (SSSR count). The average molecular weight is 328 g/mol. The lowest BCUT2D eigenvalue weighted by Crippen LogP contribution is -2.61. The fourth-order valence-electron chi connectivity index (χ4n) is 2.70. The van der Waals surface area contributed by atoms with Gasteiger partial charge in [0.15, 0.2) is 0 Å². The van der Waals surface area contributed by atoms with E-state index in [2.05, 4.69) is 28.3 Å². The molecule has 1 N–H and O–H groups in total. The monoisotopic (exact) mass is 328 g/mol. The summed E-state index contributed by atoms with van der Waals surface area (Å²) in [5.41, 5.74) is 2.05. The van der Waals surface area contributed by atoms with E-state index in [4.69, 9.17) is 0 Å². The van der Waals surface area contributed by atoms with Gasteiger partial charge in [0.25, 0.3) is 0 Å². The molecule has 0 atom stereocenters. The number of benzene rings is 1. The number of rotatable bonds is 5. The largest absolute Gasteiger partial charge is 0.334 e. The molecule has 1 aliphatic rings. The third-order valence-corrected chi connectivity index (χ3v) is 4.28. The summed E-state index contributed by atoms with van der Waals surface area (Å²) in [7, 11) is 2.06. The highest BCUT2D eigenvalue weighted by molar-refractivity contribution is 5.75. The molecule has 2 heterocycles. The molecule has 1 saturated heterocycles. The summed E-state index contributed by atoms with van der Waals surface area (Å²) in [4.78, 5) is 20.2. The van der Waals surface area contributed by atoms with Gasteiger partial charge in [0, 0.05) is 44.6 Å². The van der Waals surface area contributed by atoms with Gasteiger partial charge in [-0.05, 0) is 36.4 Å². The maximum absolute atomic E-state index is 12.8. The van der Waals surface area contributed by atoms with E-state index in [0.29, 0.717) is 25.7 Å². The molecule has 1 aromatic carbocycles. The van der Waals surface area contributed by atoms with Crippen molar-refractivity contribution in [2.75, 3.05) is 20.1 Å². The lowest BCUT2D eigenvalue weighted by Gasteiger charge is -2.43. The summed E-state index contributed by atoms with van der Waals surface area (Å²) < 4.78 is 12.8. The summed E-state index contributed by atoms with van der Waals surface area (Å²) in [6.07, 6.45) is 3.63. The molecule has 0 radical (unpaired) electrons. The first-order valence-electron chi connectivity index (χ1n) is 7.98. The van der Waals surface area contributed by atoms with Gasteiger partial charge in [0.2, 0.25) is 0 Å². The summed E-state index contributed by atoms with van der Waals surface area (Å²) in [5.74, 6) is -0.271. The standard InChI is InChI=1S/C18H21FN4O/c1-22(11-15-3-2-8-20-9-15)17-12-23(13-17)18(24)21-10-14-4-6-16(19)7-5-14/h2-9,17H,10-13H2,1H3,(H,21,24). The van der Waals surface area contributed by atoms with Crippen molar-refractivity contribution in [3.8, 4) is 0 Å². The second-order valence-electron chi connectivity index (χ2n) is 6.12. The second-order valence-corrected chi connectivity index (χ2v) is 6.12. The van der Waals surface area contributed by atoms with Crippen LogP contribution in [-0.4, -0.2) is 47.0 Å². The number of amides is 2. The van der Waals surface area contributed by atoms with Crippen molar-refractivity contribution in [3.63, 3.8) is 0 Å². The highest BCUT2D eigenvalue weighted by Gasteiger charge is 2.33. The number of hydrogen-bond donors (Lipinski definition) is 1. The molecule has 126 valence electrons. The molecular formula is C18H21FN4O. The number of likely N-dealkylation sites (N-methyl/N-ethyl adjacent to an activating group) is 1. The number of carbonyl (C=O) groups excluding carboxylic acids is 1. The molecule has 6 heteroatoms. The quantitative estimate of drug-likeness (QED) is 0.916. The molecule has 2 amide bonds. The van der Waals surface area contributed by atoms with Gasteiger partial charge in [-0.25, -0.2) is 9.18 Å². The number of nitrogens with one attached hydrogen (secondary N) is 1. The number of carbonyl (C=O) groups is 1. The van der Waals surface area contributed by atoms with Crippen LogP contribution < -0.4 is 5.32 Å². The van der Waals surface area contributed by atoms with Gasteiger partial charge in [-0.2, -0.15) is 0 Å². The van der Waals surface area contributed by atoms with Crippen LogP contribution in [-0.2, 0) is 13.1 Å². The number of likely N-dealkylation sites (tertiary alicyclic amines) is 1. The van der Waals surface area contributed by atoms with E-state index in [1.165, 1.54) is 17.7 Å². The number of aromatic nitrogens is 1. The third kappa shape index (κ3) is 4.08. The fraction of sp³-hybridized carbons (Fsp3) is 0.333. The molecule has 24 heavy (non-hydrogen) atoms. The normalized spacial score (nSPS) is 14.5. The van der Waals surface area contributed by atoms with Crippen molar-refractivity contribution < 1.29 is 9.18 Å². The van der Waals surface area contributed by atoms with Crippen LogP contribution in [0.2, 0.25) is 0 Å². The molecule has 2 aromatic rings. The van der Waals surface area contributed by atoms with Gasteiger partial charge < -0.3 is 10.2 Å². The minimum atomic E-state index is -0.271. The Balaban J connectivity index is 1.40. The smallest absolute Gasteiger partial charge is 0.317 e. The highest BCUT2D eigenvalue weighted by Crippen LogP contribution is 2.16. The Morgan fingerprint density at radius 3 is 2.71 bits per heavy atom. The van der Waals surface area contributed by atoms with Crippen LogP contribution in [0, 0.1) is 5.82 Å². The van der Waals surface area contributed by atoms with Crippen LogP contribution in [0.5, 0.6) is 0 Å². The Hall–Kier alpha value is -2.47. The van der Waals surface area contributed by atoms with Crippen LogP contribution in [0.15, 0.2) is 48.8 Å². The van der Waals surface area contributed by atoms with Crippen molar-refractivity contribution in [1.29, 1.82) is 0 Å². The van der Waals surface area contributed by atoms with E-state index < -0.39 is 0 Å². The van der Waals surface area contributed by atoms with Gasteiger partial charge in [-0.15, -0.1) is 0 Å². The van der Waals surface area contributed by atoms with Crippen molar-refractivity contribution in [2.45, 2.75) is 19.1 Å². The van der Waals surface area contributed by atoms with Crippen LogP contribution in [0.3, 0.4) is 0 Å². The first kappa shape index (κ1) is 16.4. The van der Waals surface area contributed by atoms with Crippen molar-refractivity contribution in [3.05, 3.63) is 65.7 Å². The highest BCUT2D eigenvalue weighted by atomic mass is 19.1. The summed E-state index contributed by atoms with van der Waals surface area (Å²) in [6, 6.07) is 10.4. The van der Waals surface area contributed by atoms with Crippen LogP contribution in [0.1, 0.15) is 11.1 Å². The molecule has 0 unspecified atom stereocenters. The molecule has 0 aliphatic carbocycles. The number of urea groups is 1. The van der Waals surface area contributed by atoms with E-state index >= 15 is 0 Å². The number of pyridine rings is 1. The topological polar surface area (TPSA) is 48.5 Å². The molecule has 1 fully saturated rings. The van der Waals surface area contributed by atoms with Crippen molar-refractivity contribution in [1.82, 2.24) is 20.1 Å². The minimum absolute atomic E-state index is 0.0784. The molecule has 0 spiro atoms. The molecule has 0 bridgehead atoms. The van der Waals surface area contributed by atoms with Crippen LogP contribution >= 0.6 is 0 Å². The predicted molar refractivity (Wildman–Crippen MR) is 89.7 cm³/mol. The van der Waals surface area contributed by atoms with Crippen molar-refractivity contribution >= 4 is 6.03 Å². The second kappa shape index (κ2) is 7.40. The zero-order chi connectivity index (χ0) is 16.9. The van der Waals surface area contributed by atoms with E-state index in [1.807, 2.05) is 12.3 Å². The Bertz CT molecular complexity index is 671. The van der Waals surface area contributed by atoms with E-state index in [-0.39, 0.29) is 11.8 Å². The molecule has 1 aliphatic heterocycles. The summed E-state index contributed by atoms with van der Waals surface area (Å²) >= 11 is 0. The molecule has 1 aromatic heterocycles. The first-order valence-corrected chi connectivity index (χ1v) is 7.98. The van der Waals surface area contributed by atoms with E-state index in [1.54, 1.807) is 23.2 Å². The number of nitrogens with zero attached hydrogens (tertiary/aromatic N) is 3. The summed E-state index contributed by atoms with van der Waals surface area (Å²) in [5, 5.41) is 2.87. The SMILES string of the molecule is CN(Cc1cccnc1)C1CN(C(=O)NCc2ccc(F)cc2)C1. The molecule has 0 saturated carbocycles. The zero-order valence-corrected chi connectivity index (χ0v) is 13.7. The lowest BCUT2D eigenvalue weighted by atomic mass is 10.1. The first-order chi connectivity index (χ1) is 11.6. The number of hydrogen-bond acceptors (Lipinski definition) is 3. The van der Waals surface area contributed by atoms with Crippen molar-refractivity contribution in [2.24, 2.45) is 0 Å². The van der Waals surface area contributed by atoms with Gasteiger partial charge in [0.05, 0.1) is 0 Å². The average Bonchev–Trinajstić information content (AvgIpc) is 2.54. The molecule has 5 nitrogen and oxygen atoms in total.